The lowest BCUT2D eigenvalue weighted by Crippen LogP contribution is -2.17. The minimum atomic E-state index is -0.983. The summed E-state index contributed by atoms with van der Waals surface area (Å²) in [5.74, 6) is -0.542. The highest BCUT2D eigenvalue weighted by Gasteiger charge is 2.15. The van der Waals surface area contributed by atoms with Crippen LogP contribution in [0.15, 0.2) is 60.7 Å². The van der Waals surface area contributed by atoms with E-state index < -0.39 is 12.3 Å². The van der Waals surface area contributed by atoms with Crippen LogP contribution in [0.25, 0.3) is 0 Å². The molecule has 0 aliphatic heterocycles. The Morgan fingerprint density at radius 1 is 1.00 bits per heavy atom. The highest BCUT2D eigenvalue weighted by atomic mass is 16.7. The molecule has 0 fully saturated rings. The summed E-state index contributed by atoms with van der Waals surface area (Å²) >= 11 is 0. The maximum atomic E-state index is 11.7. The summed E-state index contributed by atoms with van der Waals surface area (Å²) in [4.78, 5) is 22.1. The predicted molar refractivity (Wildman–Crippen MR) is 78.2 cm³/mol. The average molecular weight is 299 g/mol. The maximum Gasteiger partial charge on any atom is 0.420 e. The van der Waals surface area contributed by atoms with Crippen molar-refractivity contribution in [1.82, 2.24) is 0 Å². The van der Waals surface area contributed by atoms with E-state index in [0.29, 0.717) is 5.56 Å². The fourth-order valence-electron chi connectivity index (χ4n) is 1.78. The van der Waals surface area contributed by atoms with E-state index in [1.807, 2.05) is 36.4 Å². The molecule has 1 unspecified atom stereocenters. The van der Waals surface area contributed by atoms with Gasteiger partial charge in [0, 0.05) is 5.56 Å². The zero-order valence-corrected chi connectivity index (χ0v) is 11.8. The maximum absolute atomic E-state index is 11.7. The first-order chi connectivity index (χ1) is 10.8. The van der Waals surface area contributed by atoms with E-state index in [4.69, 9.17) is 14.2 Å². The molecule has 5 nitrogen and oxygen atoms in total. The number of carbonyl (C=O) groups is 1. The molecule has 0 amide bonds. The van der Waals surface area contributed by atoms with Crippen LogP contribution in [0.5, 0.6) is 0 Å². The van der Waals surface area contributed by atoms with Crippen LogP contribution >= 0.6 is 0 Å². The monoisotopic (exact) mass is 299 g/mol. The molecule has 2 aromatic carbocycles. The lowest BCUT2D eigenvalue weighted by molar-refractivity contribution is -0.162. The van der Waals surface area contributed by atoms with E-state index >= 15 is 0 Å². The molecule has 0 aliphatic carbocycles. The van der Waals surface area contributed by atoms with E-state index in [-0.39, 0.29) is 13.2 Å². The predicted octanol–water partition coefficient (Wildman–Crippen LogP) is 2.53. The van der Waals surface area contributed by atoms with Crippen LogP contribution in [-0.2, 0) is 30.4 Å². The number of ether oxygens (including phenoxy) is 3. The van der Waals surface area contributed by atoms with Crippen molar-refractivity contribution in [2.24, 2.45) is 0 Å². The summed E-state index contributed by atoms with van der Waals surface area (Å²) in [5, 5.41) is 0. The van der Waals surface area contributed by atoms with Gasteiger partial charge in [-0.15, -0.1) is 0 Å². The zero-order chi connectivity index (χ0) is 15.6. The van der Waals surface area contributed by atoms with Crippen LogP contribution in [-0.4, -0.2) is 19.0 Å². The van der Waals surface area contributed by atoms with Gasteiger partial charge in [0.1, 0.15) is 13.2 Å². The highest BCUT2D eigenvalue weighted by molar-refractivity contribution is 5.70. The second-order valence-corrected chi connectivity index (χ2v) is 4.40. The normalized spacial score (nSPS) is 11.5. The smallest absolute Gasteiger partial charge is 0.420 e. The Balaban J connectivity index is 1.81. The molecule has 0 heterocycles. The van der Waals surface area contributed by atoms with Gasteiger partial charge in [0.2, 0.25) is 6.29 Å². The van der Waals surface area contributed by atoms with Crippen LogP contribution in [0.3, 0.4) is 0 Å². The minimum absolute atomic E-state index is 0.166. The van der Waals surface area contributed by atoms with Gasteiger partial charge in [-0.3, -0.25) is 0 Å². The fourth-order valence-corrected chi connectivity index (χ4v) is 1.78. The van der Waals surface area contributed by atoms with Gasteiger partial charge in [0.05, 0.1) is 0 Å². The Labute approximate surface area is 128 Å². The van der Waals surface area contributed by atoms with Crippen molar-refractivity contribution < 1.29 is 23.8 Å². The molecule has 113 valence electrons. The van der Waals surface area contributed by atoms with Crippen molar-refractivity contribution in [2.75, 3.05) is 6.61 Å². The van der Waals surface area contributed by atoms with E-state index in [9.17, 15) is 9.59 Å². The summed E-state index contributed by atoms with van der Waals surface area (Å²) in [5.41, 5.74) is 1.50. The van der Waals surface area contributed by atoms with E-state index in [0.717, 1.165) is 5.56 Å². The molecule has 5 heteroatoms. The lowest BCUT2D eigenvalue weighted by atomic mass is 10.2. The summed E-state index contributed by atoms with van der Waals surface area (Å²) in [6.07, 6.45) is -0.983. The molecule has 0 aliphatic rings. The van der Waals surface area contributed by atoms with Gasteiger partial charge in [-0.25, -0.2) is 9.59 Å². The summed E-state index contributed by atoms with van der Waals surface area (Å²) in [6, 6.07) is 18.1. The van der Waals surface area contributed by atoms with Gasteiger partial charge in [-0.1, -0.05) is 60.7 Å². The first-order valence-corrected chi connectivity index (χ1v) is 6.68. The summed E-state index contributed by atoms with van der Waals surface area (Å²) in [6.45, 7) is 1.16. The van der Waals surface area contributed by atoms with Gasteiger partial charge in [0.15, 0.2) is 0 Å². The van der Waals surface area contributed by atoms with Gasteiger partial charge in [-0.2, -0.15) is 0 Å². The van der Waals surface area contributed by atoms with Crippen LogP contribution in [0.2, 0.25) is 0 Å². The number of benzene rings is 2. The Morgan fingerprint density at radius 3 is 2.27 bits per heavy atom. The van der Waals surface area contributed by atoms with Crippen molar-refractivity contribution in [3.05, 3.63) is 71.8 Å². The van der Waals surface area contributed by atoms with Crippen LogP contribution < -0.4 is 0 Å². The quantitative estimate of drug-likeness (QED) is 0.553. The van der Waals surface area contributed by atoms with Crippen molar-refractivity contribution in [2.45, 2.75) is 12.9 Å². The Morgan fingerprint density at radius 2 is 1.64 bits per heavy atom. The molecule has 0 bridgehead atoms. The third-order valence-electron chi connectivity index (χ3n) is 2.82. The topological polar surface area (TPSA) is 61.8 Å². The van der Waals surface area contributed by atoms with Crippen LogP contribution in [0, 0.1) is 0 Å². The molecule has 0 aromatic heterocycles. The van der Waals surface area contributed by atoms with E-state index in [1.165, 1.54) is 6.47 Å². The van der Waals surface area contributed by atoms with Crippen molar-refractivity contribution >= 4 is 12.4 Å². The highest BCUT2D eigenvalue weighted by Crippen LogP contribution is 2.17. The Bertz CT molecular complexity index is 583. The largest absolute Gasteiger partial charge is 0.459 e. The molecule has 0 N–H and O–H groups in total. The number of esters is 1. The second-order valence-electron chi connectivity index (χ2n) is 4.40. The molecular weight excluding hydrogens is 284 g/mol. The molecule has 1 radical (unpaired) electrons. The standard InChI is InChI=1S/C17H15O5/c18-13-22-17(15-9-5-2-6-10-15)21-12-16(19)20-11-14-7-3-1-4-8-14/h1-10,17H,11-12H2. The van der Waals surface area contributed by atoms with E-state index in [1.54, 1.807) is 24.3 Å². The fraction of sp³-hybridized carbons (Fsp3) is 0.176. The second kappa shape index (κ2) is 8.59. The third kappa shape index (κ3) is 5.03. The van der Waals surface area contributed by atoms with Gasteiger partial charge in [-0.05, 0) is 5.56 Å². The van der Waals surface area contributed by atoms with E-state index in [2.05, 4.69) is 0 Å². The molecule has 1 atom stereocenters. The lowest BCUT2D eigenvalue weighted by Gasteiger charge is -2.15. The first-order valence-electron chi connectivity index (χ1n) is 6.68. The Hall–Kier alpha value is -2.66. The molecular formula is C17H15O5. The number of hydrogen-bond acceptors (Lipinski definition) is 5. The van der Waals surface area contributed by atoms with Crippen LogP contribution in [0.1, 0.15) is 17.4 Å². The van der Waals surface area contributed by atoms with Crippen molar-refractivity contribution in [3.63, 3.8) is 0 Å². The zero-order valence-electron chi connectivity index (χ0n) is 11.8. The van der Waals surface area contributed by atoms with Gasteiger partial charge in [0.25, 0.3) is 0 Å². The molecule has 2 rings (SSSR count). The van der Waals surface area contributed by atoms with Crippen LogP contribution in [0.4, 0.5) is 0 Å². The number of rotatable bonds is 8. The molecule has 22 heavy (non-hydrogen) atoms. The number of carbonyl (C=O) groups excluding carboxylic acids is 2. The molecule has 2 aromatic rings. The van der Waals surface area contributed by atoms with Gasteiger partial charge >= 0.3 is 12.4 Å². The summed E-state index contributed by atoms with van der Waals surface area (Å²) < 4.78 is 15.0. The minimum Gasteiger partial charge on any atom is -0.459 e. The van der Waals surface area contributed by atoms with Crippen molar-refractivity contribution in [1.29, 1.82) is 0 Å². The SMILES string of the molecule is O=[C]OC(OCC(=O)OCc1ccccc1)c1ccccc1. The summed E-state index contributed by atoms with van der Waals surface area (Å²) in [7, 11) is 0. The Kier molecular flexibility index (Phi) is 6.14. The number of hydrogen-bond donors (Lipinski definition) is 0. The first kappa shape index (κ1) is 15.7. The van der Waals surface area contributed by atoms with Crippen molar-refractivity contribution in [3.8, 4) is 0 Å². The van der Waals surface area contributed by atoms with Gasteiger partial charge < -0.3 is 14.2 Å². The molecule has 0 saturated carbocycles. The molecule has 0 saturated heterocycles. The third-order valence-corrected chi connectivity index (χ3v) is 2.82. The molecule has 0 spiro atoms. The average Bonchev–Trinajstić information content (AvgIpc) is 2.58.